The van der Waals surface area contributed by atoms with E-state index in [0.29, 0.717) is 25.7 Å². The Bertz CT molecular complexity index is 1020. The number of nitrogens with one attached hydrogen (secondary N) is 1. The van der Waals surface area contributed by atoms with Crippen LogP contribution in [0.25, 0.3) is 11.1 Å². The Hall–Kier alpha value is -2.86. The lowest BCUT2D eigenvalue weighted by molar-refractivity contribution is 0.0105. The van der Waals surface area contributed by atoms with Gasteiger partial charge in [0, 0.05) is 32.6 Å². The largest absolute Gasteiger partial charge is 0.493 e. The van der Waals surface area contributed by atoms with Gasteiger partial charge in [-0.1, -0.05) is 60.7 Å². The van der Waals surface area contributed by atoms with Gasteiger partial charge in [-0.05, 0) is 47.4 Å². The van der Waals surface area contributed by atoms with Crippen LogP contribution in [0.1, 0.15) is 29.9 Å². The van der Waals surface area contributed by atoms with Crippen LogP contribution in [-0.2, 0) is 16.1 Å². The van der Waals surface area contributed by atoms with E-state index in [0.717, 1.165) is 43.0 Å². The average molecular weight is 462 g/mol. The number of ether oxygens (including phenoxy) is 4. The fourth-order valence-electron chi connectivity index (χ4n) is 4.48. The van der Waals surface area contributed by atoms with Gasteiger partial charge >= 0.3 is 0 Å². The highest BCUT2D eigenvalue weighted by Gasteiger charge is 2.27. The number of rotatable bonds is 11. The van der Waals surface area contributed by atoms with Gasteiger partial charge in [-0.3, -0.25) is 0 Å². The number of methoxy groups -OCH3 is 2. The molecule has 180 valence electrons. The lowest BCUT2D eigenvalue weighted by Gasteiger charge is -2.33. The highest BCUT2D eigenvalue weighted by molar-refractivity contribution is 5.64. The molecule has 1 N–H and O–H groups in total. The third-order valence-corrected chi connectivity index (χ3v) is 6.29. The third-order valence-electron chi connectivity index (χ3n) is 6.29. The van der Waals surface area contributed by atoms with Crippen LogP contribution in [0.3, 0.4) is 0 Å². The van der Waals surface area contributed by atoms with Crippen molar-refractivity contribution in [2.45, 2.75) is 31.5 Å². The van der Waals surface area contributed by atoms with Crippen LogP contribution in [0.15, 0.2) is 72.8 Å². The van der Waals surface area contributed by atoms with Gasteiger partial charge in [0.2, 0.25) is 0 Å². The Morgan fingerprint density at radius 3 is 2.53 bits per heavy atom. The summed E-state index contributed by atoms with van der Waals surface area (Å²) in [6, 6.07) is 25.5. The van der Waals surface area contributed by atoms with Gasteiger partial charge in [-0.25, -0.2) is 0 Å². The van der Waals surface area contributed by atoms with Gasteiger partial charge in [0.25, 0.3) is 0 Å². The molecule has 0 aromatic heterocycles. The summed E-state index contributed by atoms with van der Waals surface area (Å²) in [5, 5.41) is 3.51. The van der Waals surface area contributed by atoms with Crippen LogP contribution in [-0.4, -0.2) is 46.6 Å². The summed E-state index contributed by atoms with van der Waals surface area (Å²) in [7, 11) is 3.36. The van der Waals surface area contributed by atoms with Crippen LogP contribution >= 0.6 is 0 Å². The summed E-state index contributed by atoms with van der Waals surface area (Å²) in [6.45, 7) is 3.63. The summed E-state index contributed by atoms with van der Waals surface area (Å²) < 4.78 is 23.0. The molecule has 0 unspecified atom stereocenters. The first-order valence-electron chi connectivity index (χ1n) is 12.0. The Morgan fingerprint density at radius 1 is 0.853 bits per heavy atom. The first kappa shape index (κ1) is 24.3. The predicted octanol–water partition coefficient (Wildman–Crippen LogP) is 5.44. The van der Waals surface area contributed by atoms with Gasteiger partial charge in [0.05, 0.1) is 26.4 Å². The molecule has 2 atom stereocenters. The van der Waals surface area contributed by atoms with Gasteiger partial charge in [-0.15, -0.1) is 0 Å². The van der Waals surface area contributed by atoms with E-state index in [1.807, 2.05) is 18.2 Å². The third kappa shape index (κ3) is 6.38. The molecule has 1 saturated heterocycles. The molecule has 0 saturated carbocycles. The number of piperidine rings is 1. The molecule has 0 aliphatic carbocycles. The van der Waals surface area contributed by atoms with Crippen molar-refractivity contribution in [3.63, 3.8) is 0 Å². The molecule has 1 heterocycles. The van der Waals surface area contributed by atoms with Gasteiger partial charge in [0.15, 0.2) is 11.5 Å². The monoisotopic (exact) mass is 461 g/mol. The van der Waals surface area contributed by atoms with E-state index in [1.54, 1.807) is 14.2 Å². The summed E-state index contributed by atoms with van der Waals surface area (Å²) in [5.74, 6) is 1.83. The second kappa shape index (κ2) is 12.6. The molecule has 34 heavy (non-hydrogen) atoms. The van der Waals surface area contributed by atoms with Crippen molar-refractivity contribution >= 4 is 0 Å². The lowest BCUT2D eigenvalue weighted by atomic mass is 9.86. The van der Waals surface area contributed by atoms with E-state index < -0.39 is 0 Å². The van der Waals surface area contributed by atoms with Crippen LogP contribution in [0, 0.1) is 0 Å². The van der Waals surface area contributed by atoms with E-state index >= 15 is 0 Å². The minimum absolute atomic E-state index is 0.105. The molecule has 1 fully saturated rings. The molecule has 5 heteroatoms. The average Bonchev–Trinajstić information content (AvgIpc) is 2.91. The predicted molar refractivity (Wildman–Crippen MR) is 136 cm³/mol. The standard InChI is InChI=1S/C29H35NO4/c1-31-16-7-17-33-28-18-22(12-13-27(28)32-2)21-34-29-20-30-15-14-26(29)25-11-6-10-24(19-25)23-8-4-3-5-9-23/h3-6,8-13,18-19,26,29-30H,7,14-17,20-21H2,1-2H3/t26-,29+/m1/s1. The van der Waals surface area contributed by atoms with Gasteiger partial charge in [-0.2, -0.15) is 0 Å². The molecule has 0 amide bonds. The highest BCUT2D eigenvalue weighted by Crippen LogP contribution is 2.33. The number of benzene rings is 3. The summed E-state index contributed by atoms with van der Waals surface area (Å²) >= 11 is 0. The highest BCUT2D eigenvalue weighted by atomic mass is 16.5. The van der Waals surface area contributed by atoms with Crippen molar-refractivity contribution < 1.29 is 18.9 Å². The molecule has 0 radical (unpaired) electrons. The Labute approximate surface area is 203 Å². The Balaban J connectivity index is 1.44. The molecule has 1 aliphatic rings. The molecule has 3 aromatic carbocycles. The van der Waals surface area contributed by atoms with Crippen molar-refractivity contribution in [1.29, 1.82) is 0 Å². The van der Waals surface area contributed by atoms with E-state index in [1.165, 1.54) is 16.7 Å². The van der Waals surface area contributed by atoms with E-state index in [2.05, 4.69) is 59.9 Å². The van der Waals surface area contributed by atoms with Gasteiger partial charge in [0.1, 0.15) is 0 Å². The minimum atomic E-state index is 0.105. The zero-order valence-corrected chi connectivity index (χ0v) is 20.2. The van der Waals surface area contributed by atoms with Crippen molar-refractivity contribution in [2.24, 2.45) is 0 Å². The zero-order valence-electron chi connectivity index (χ0n) is 20.2. The quantitative estimate of drug-likeness (QED) is 0.385. The molecular formula is C29H35NO4. The molecule has 0 bridgehead atoms. The zero-order chi connectivity index (χ0) is 23.6. The summed E-state index contributed by atoms with van der Waals surface area (Å²) in [6.07, 6.45) is 1.99. The Morgan fingerprint density at radius 2 is 1.71 bits per heavy atom. The van der Waals surface area contributed by atoms with E-state index in [-0.39, 0.29) is 6.10 Å². The van der Waals surface area contributed by atoms with Crippen molar-refractivity contribution in [1.82, 2.24) is 5.32 Å². The molecule has 4 rings (SSSR count). The van der Waals surface area contributed by atoms with Crippen molar-refractivity contribution in [3.05, 3.63) is 83.9 Å². The molecule has 1 aliphatic heterocycles. The second-order valence-electron chi connectivity index (χ2n) is 8.62. The number of hydrogen-bond donors (Lipinski definition) is 1. The molecular weight excluding hydrogens is 426 g/mol. The lowest BCUT2D eigenvalue weighted by Crippen LogP contribution is -2.41. The first-order valence-corrected chi connectivity index (χ1v) is 12.0. The maximum Gasteiger partial charge on any atom is 0.161 e. The maximum atomic E-state index is 6.47. The molecule has 0 spiro atoms. The molecule has 3 aromatic rings. The molecule has 5 nitrogen and oxygen atoms in total. The Kier molecular flexibility index (Phi) is 8.97. The first-order chi connectivity index (χ1) is 16.8. The van der Waals surface area contributed by atoms with Crippen LogP contribution in [0.2, 0.25) is 0 Å². The fourth-order valence-corrected chi connectivity index (χ4v) is 4.48. The smallest absolute Gasteiger partial charge is 0.161 e. The normalized spacial score (nSPS) is 17.9. The van der Waals surface area contributed by atoms with Gasteiger partial charge < -0.3 is 24.3 Å². The van der Waals surface area contributed by atoms with Crippen LogP contribution in [0.5, 0.6) is 11.5 Å². The van der Waals surface area contributed by atoms with E-state index in [4.69, 9.17) is 18.9 Å². The second-order valence-corrected chi connectivity index (χ2v) is 8.62. The number of hydrogen-bond acceptors (Lipinski definition) is 5. The topological polar surface area (TPSA) is 49.0 Å². The summed E-state index contributed by atoms with van der Waals surface area (Å²) in [4.78, 5) is 0. The fraction of sp³-hybridized carbons (Fsp3) is 0.379. The van der Waals surface area contributed by atoms with Crippen LogP contribution < -0.4 is 14.8 Å². The van der Waals surface area contributed by atoms with Crippen molar-refractivity contribution in [2.75, 3.05) is 40.5 Å². The maximum absolute atomic E-state index is 6.47. The SMILES string of the molecule is COCCCOc1cc(CO[C@H]2CNCC[C@@H]2c2cccc(-c3ccccc3)c2)ccc1OC. The summed E-state index contributed by atoms with van der Waals surface area (Å²) in [5.41, 5.74) is 4.91. The minimum Gasteiger partial charge on any atom is -0.493 e. The van der Waals surface area contributed by atoms with Crippen molar-refractivity contribution in [3.8, 4) is 22.6 Å². The van der Waals surface area contributed by atoms with Crippen LogP contribution in [0.4, 0.5) is 0 Å². The van der Waals surface area contributed by atoms with E-state index in [9.17, 15) is 0 Å².